The molecular formula is C21H28FN5O3S. The number of fused-ring (bicyclic) bond motifs is 1. The summed E-state index contributed by atoms with van der Waals surface area (Å²) in [7, 11) is -1.79. The van der Waals surface area contributed by atoms with Gasteiger partial charge in [0.2, 0.25) is 16.0 Å². The second kappa shape index (κ2) is 8.68. The zero-order valence-corrected chi connectivity index (χ0v) is 18.9. The maximum absolute atomic E-state index is 13.3. The fourth-order valence-corrected chi connectivity index (χ4v) is 5.17. The fourth-order valence-electron chi connectivity index (χ4n) is 3.76. The Balaban J connectivity index is 1.71. The molecule has 0 atom stereocenters. The third-order valence-electron chi connectivity index (χ3n) is 5.85. The van der Waals surface area contributed by atoms with Gasteiger partial charge < -0.3 is 14.5 Å². The zero-order chi connectivity index (χ0) is 22.2. The predicted octanol–water partition coefficient (Wildman–Crippen LogP) is 2.04. The van der Waals surface area contributed by atoms with Crippen molar-refractivity contribution < 1.29 is 17.5 Å². The first-order valence-electron chi connectivity index (χ1n) is 10.5. The van der Waals surface area contributed by atoms with Gasteiger partial charge in [-0.2, -0.15) is 9.29 Å². The van der Waals surface area contributed by atoms with Crippen molar-refractivity contribution in [2.75, 3.05) is 49.7 Å². The van der Waals surface area contributed by atoms with Crippen LogP contribution in [0.2, 0.25) is 0 Å². The molecule has 1 aromatic carbocycles. The van der Waals surface area contributed by atoms with Crippen LogP contribution in [0.15, 0.2) is 29.2 Å². The van der Waals surface area contributed by atoms with Crippen LogP contribution in [0.1, 0.15) is 25.1 Å². The zero-order valence-electron chi connectivity index (χ0n) is 18.1. The standard InChI is InChI=1S/C21H28FN5O3S/c1-15(2)25(3)20-18-14-27(31(28,29)17-6-4-16(22)5-7-17)9-8-19(18)23-21(24-20)26-10-12-30-13-11-26/h4-7,15H,8-14H2,1-3H3. The normalized spacial score (nSPS) is 17.6. The third-order valence-corrected chi connectivity index (χ3v) is 7.71. The molecule has 0 bridgehead atoms. The van der Waals surface area contributed by atoms with Gasteiger partial charge in [-0.05, 0) is 38.1 Å². The lowest BCUT2D eigenvalue weighted by Gasteiger charge is -2.34. The average Bonchev–Trinajstić information content (AvgIpc) is 2.78. The summed E-state index contributed by atoms with van der Waals surface area (Å²) < 4.78 is 46.5. The van der Waals surface area contributed by atoms with Crippen LogP contribution in [-0.4, -0.2) is 68.6 Å². The molecule has 2 aliphatic heterocycles. The van der Waals surface area contributed by atoms with E-state index >= 15 is 0 Å². The summed E-state index contributed by atoms with van der Waals surface area (Å²) in [4.78, 5) is 13.9. The van der Waals surface area contributed by atoms with Crippen LogP contribution in [0.4, 0.5) is 16.2 Å². The summed E-state index contributed by atoms with van der Waals surface area (Å²) in [6.45, 7) is 7.38. The Morgan fingerprint density at radius 1 is 1.10 bits per heavy atom. The number of morpholine rings is 1. The van der Waals surface area contributed by atoms with E-state index in [9.17, 15) is 12.8 Å². The van der Waals surface area contributed by atoms with Gasteiger partial charge in [-0.25, -0.2) is 17.8 Å². The number of rotatable bonds is 5. The van der Waals surface area contributed by atoms with Crippen molar-refractivity contribution in [3.05, 3.63) is 41.3 Å². The molecule has 0 aliphatic carbocycles. The number of benzene rings is 1. The van der Waals surface area contributed by atoms with Gasteiger partial charge in [0.05, 0.1) is 23.8 Å². The Labute approximate surface area is 182 Å². The molecule has 168 valence electrons. The predicted molar refractivity (Wildman–Crippen MR) is 116 cm³/mol. The quantitative estimate of drug-likeness (QED) is 0.691. The Hall–Kier alpha value is -2.30. The summed E-state index contributed by atoms with van der Waals surface area (Å²) in [5.74, 6) is 0.952. The Morgan fingerprint density at radius 2 is 1.77 bits per heavy atom. The number of sulfonamides is 1. The van der Waals surface area contributed by atoms with Crippen LogP contribution in [0.3, 0.4) is 0 Å². The van der Waals surface area contributed by atoms with E-state index < -0.39 is 15.8 Å². The molecule has 2 aliphatic rings. The van der Waals surface area contributed by atoms with Gasteiger partial charge >= 0.3 is 0 Å². The van der Waals surface area contributed by atoms with Crippen LogP contribution in [0.25, 0.3) is 0 Å². The number of hydrogen-bond acceptors (Lipinski definition) is 7. The summed E-state index contributed by atoms with van der Waals surface area (Å²) in [6, 6.07) is 5.13. The van der Waals surface area contributed by atoms with Crippen LogP contribution in [0.5, 0.6) is 0 Å². The van der Waals surface area contributed by atoms with Gasteiger partial charge in [0.1, 0.15) is 11.6 Å². The number of anilines is 2. The van der Waals surface area contributed by atoms with Gasteiger partial charge in [-0.3, -0.25) is 0 Å². The molecule has 31 heavy (non-hydrogen) atoms. The Kier molecular flexibility index (Phi) is 6.14. The molecule has 0 unspecified atom stereocenters. The molecule has 1 fully saturated rings. The van der Waals surface area contributed by atoms with E-state index in [0.29, 0.717) is 32.1 Å². The van der Waals surface area contributed by atoms with Crippen LogP contribution >= 0.6 is 0 Å². The average molecular weight is 450 g/mol. The van der Waals surface area contributed by atoms with E-state index in [1.54, 1.807) is 0 Å². The molecule has 0 saturated carbocycles. The van der Waals surface area contributed by atoms with Crippen molar-refractivity contribution >= 4 is 21.8 Å². The number of aromatic nitrogens is 2. The van der Waals surface area contributed by atoms with Gasteiger partial charge in [0.25, 0.3) is 0 Å². The number of ether oxygens (including phenoxy) is 1. The van der Waals surface area contributed by atoms with E-state index in [2.05, 4.69) is 23.6 Å². The number of hydrogen-bond donors (Lipinski definition) is 0. The summed E-state index contributed by atoms with van der Waals surface area (Å²) >= 11 is 0. The molecule has 3 heterocycles. The Morgan fingerprint density at radius 3 is 2.42 bits per heavy atom. The lowest BCUT2D eigenvalue weighted by atomic mass is 10.1. The second-order valence-corrected chi connectivity index (χ2v) is 10.1. The van der Waals surface area contributed by atoms with E-state index in [4.69, 9.17) is 14.7 Å². The van der Waals surface area contributed by atoms with Gasteiger partial charge in [-0.15, -0.1) is 0 Å². The lowest BCUT2D eigenvalue weighted by molar-refractivity contribution is 0.122. The van der Waals surface area contributed by atoms with Crippen molar-refractivity contribution in [1.29, 1.82) is 0 Å². The monoisotopic (exact) mass is 449 g/mol. The number of halogens is 1. The molecule has 1 aromatic heterocycles. The maximum atomic E-state index is 13.3. The van der Waals surface area contributed by atoms with Crippen molar-refractivity contribution in [3.8, 4) is 0 Å². The molecule has 0 N–H and O–H groups in total. The summed E-state index contributed by atoms with van der Waals surface area (Å²) in [6.07, 6.45) is 0.495. The van der Waals surface area contributed by atoms with Gasteiger partial charge in [-0.1, -0.05) is 0 Å². The highest BCUT2D eigenvalue weighted by Gasteiger charge is 2.33. The van der Waals surface area contributed by atoms with Crippen LogP contribution in [0, 0.1) is 5.82 Å². The highest BCUT2D eigenvalue weighted by molar-refractivity contribution is 7.89. The molecular weight excluding hydrogens is 421 g/mol. The minimum Gasteiger partial charge on any atom is -0.378 e. The van der Waals surface area contributed by atoms with Crippen molar-refractivity contribution in [2.24, 2.45) is 0 Å². The molecule has 2 aromatic rings. The smallest absolute Gasteiger partial charge is 0.243 e. The first kappa shape index (κ1) is 21.9. The molecule has 4 rings (SSSR count). The highest BCUT2D eigenvalue weighted by atomic mass is 32.2. The van der Waals surface area contributed by atoms with Gasteiger partial charge in [0, 0.05) is 51.3 Å². The lowest BCUT2D eigenvalue weighted by Crippen LogP contribution is -2.41. The SMILES string of the molecule is CC(C)N(C)c1nc(N2CCOCC2)nc2c1CN(S(=O)(=O)c1ccc(F)cc1)CC2. The molecule has 0 radical (unpaired) electrons. The molecule has 8 nitrogen and oxygen atoms in total. The van der Waals surface area contributed by atoms with E-state index in [0.717, 1.165) is 30.2 Å². The second-order valence-electron chi connectivity index (χ2n) is 8.12. The molecule has 1 saturated heterocycles. The summed E-state index contributed by atoms with van der Waals surface area (Å²) in [5.41, 5.74) is 1.70. The van der Waals surface area contributed by atoms with E-state index in [1.807, 2.05) is 7.05 Å². The maximum Gasteiger partial charge on any atom is 0.243 e. The third kappa shape index (κ3) is 4.37. The Bertz CT molecular complexity index is 1040. The minimum absolute atomic E-state index is 0.0852. The molecule has 0 amide bonds. The number of nitrogens with zero attached hydrogens (tertiary/aromatic N) is 5. The highest BCUT2D eigenvalue weighted by Crippen LogP contribution is 2.32. The van der Waals surface area contributed by atoms with Gasteiger partial charge in [0.15, 0.2) is 0 Å². The topological polar surface area (TPSA) is 78.9 Å². The minimum atomic E-state index is -3.75. The largest absolute Gasteiger partial charge is 0.378 e. The van der Waals surface area contributed by atoms with E-state index in [-0.39, 0.29) is 17.5 Å². The van der Waals surface area contributed by atoms with Crippen LogP contribution in [-0.2, 0) is 27.7 Å². The van der Waals surface area contributed by atoms with E-state index in [1.165, 1.54) is 28.6 Å². The van der Waals surface area contributed by atoms with Crippen molar-refractivity contribution in [1.82, 2.24) is 14.3 Å². The fraction of sp³-hybridized carbons (Fsp3) is 0.524. The van der Waals surface area contributed by atoms with Crippen molar-refractivity contribution in [3.63, 3.8) is 0 Å². The van der Waals surface area contributed by atoms with Crippen molar-refractivity contribution in [2.45, 2.75) is 37.8 Å². The summed E-state index contributed by atoms with van der Waals surface area (Å²) in [5, 5.41) is 0. The van der Waals surface area contributed by atoms with Crippen LogP contribution < -0.4 is 9.80 Å². The first-order valence-corrected chi connectivity index (χ1v) is 11.9. The molecule has 10 heteroatoms. The molecule has 0 spiro atoms. The first-order chi connectivity index (χ1) is 14.8.